The van der Waals surface area contributed by atoms with Crippen LogP contribution in [0.2, 0.25) is 0 Å². The van der Waals surface area contributed by atoms with E-state index in [0.29, 0.717) is 0 Å². The summed E-state index contributed by atoms with van der Waals surface area (Å²) in [6.07, 6.45) is 5.60. The van der Waals surface area contributed by atoms with Crippen molar-refractivity contribution in [2.75, 3.05) is 0 Å². The summed E-state index contributed by atoms with van der Waals surface area (Å²) in [5.74, 6) is 0.904. The van der Waals surface area contributed by atoms with E-state index in [1.54, 1.807) is 0 Å². The highest BCUT2D eigenvalue weighted by Crippen LogP contribution is 2.06. The Bertz CT molecular complexity index is 37.3. The molecular weight excluding hydrogens is 192 g/mol. The SMILES string of the molecule is CC.CC.CC.CC.CCCCCC(C)C. The van der Waals surface area contributed by atoms with Gasteiger partial charge in [0.05, 0.1) is 0 Å². The van der Waals surface area contributed by atoms with E-state index >= 15 is 0 Å². The fourth-order valence-corrected chi connectivity index (χ4v) is 0.803. The summed E-state index contributed by atoms with van der Waals surface area (Å²) in [5, 5.41) is 0. The summed E-state index contributed by atoms with van der Waals surface area (Å²) in [7, 11) is 0. The van der Waals surface area contributed by atoms with Gasteiger partial charge in [0.1, 0.15) is 0 Å². The summed E-state index contributed by atoms with van der Waals surface area (Å²) < 4.78 is 0. The van der Waals surface area contributed by atoms with Crippen LogP contribution in [0.1, 0.15) is 102 Å². The average Bonchev–Trinajstić information content (AvgIpc) is 2.39. The van der Waals surface area contributed by atoms with E-state index in [9.17, 15) is 0 Å². The quantitative estimate of drug-likeness (QED) is 0.447. The largest absolute Gasteiger partial charge is 0.0683 e. The van der Waals surface area contributed by atoms with Crippen LogP contribution in [-0.4, -0.2) is 0 Å². The summed E-state index contributed by atoms with van der Waals surface area (Å²) in [6, 6.07) is 0. The molecule has 0 nitrogen and oxygen atoms in total. The monoisotopic (exact) mass is 234 g/mol. The van der Waals surface area contributed by atoms with Gasteiger partial charge in [0.25, 0.3) is 0 Å². The van der Waals surface area contributed by atoms with Gasteiger partial charge in [0.2, 0.25) is 0 Å². The zero-order chi connectivity index (χ0) is 14.4. The van der Waals surface area contributed by atoms with Crippen LogP contribution in [0.5, 0.6) is 0 Å². The minimum atomic E-state index is 0.904. The molecule has 0 aliphatic carbocycles. The second kappa shape index (κ2) is 60.0. The molecule has 0 N–H and O–H groups in total. The standard InChI is InChI=1S/C8H18.4C2H6/c1-4-5-6-7-8(2)3;4*1-2/h8H,4-7H2,1-3H3;4*1-2H3. The predicted molar refractivity (Wildman–Crippen MR) is 84.4 cm³/mol. The summed E-state index contributed by atoms with van der Waals surface area (Å²) in [4.78, 5) is 0. The Labute approximate surface area is 108 Å². The van der Waals surface area contributed by atoms with Crippen LogP contribution >= 0.6 is 0 Å². The maximum atomic E-state index is 2.29. The van der Waals surface area contributed by atoms with Crippen molar-refractivity contribution in [1.29, 1.82) is 0 Å². The molecule has 0 aromatic rings. The number of hydrogen-bond acceptors (Lipinski definition) is 0. The van der Waals surface area contributed by atoms with E-state index in [-0.39, 0.29) is 0 Å². The van der Waals surface area contributed by atoms with Crippen LogP contribution in [0.4, 0.5) is 0 Å². The number of unbranched alkanes of at least 4 members (excludes halogenated alkanes) is 2. The van der Waals surface area contributed by atoms with Gasteiger partial charge < -0.3 is 0 Å². The van der Waals surface area contributed by atoms with Gasteiger partial charge in [-0.3, -0.25) is 0 Å². The molecule has 0 aromatic carbocycles. The van der Waals surface area contributed by atoms with Crippen LogP contribution < -0.4 is 0 Å². The first-order chi connectivity index (χ1) is 7.77. The Balaban J connectivity index is -0.0000000426. The van der Waals surface area contributed by atoms with Crippen molar-refractivity contribution in [3.63, 3.8) is 0 Å². The molecule has 0 aliphatic rings. The van der Waals surface area contributed by atoms with Gasteiger partial charge in [-0.1, -0.05) is 102 Å². The minimum Gasteiger partial charge on any atom is -0.0683 e. The van der Waals surface area contributed by atoms with Gasteiger partial charge in [-0.2, -0.15) is 0 Å². The van der Waals surface area contributed by atoms with Gasteiger partial charge >= 0.3 is 0 Å². The molecular formula is C16H42. The zero-order valence-corrected chi connectivity index (χ0v) is 14.4. The van der Waals surface area contributed by atoms with E-state index < -0.39 is 0 Å². The summed E-state index contributed by atoms with van der Waals surface area (Å²) >= 11 is 0. The minimum absolute atomic E-state index is 0.904. The molecule has 0 heterocycles. The third-order valence-corrected chi connectivity index (χ3v) is 1.39. The van der Waals surface area contributed by atoms with E-state index in [0.717, 1.165) is 5.92 Å². The first kappa shape index (κ1) is 29.8. The number of rotatable bonds is 4. The highest BCUT2D eigenvalue weighted by atomic mass is 14.0. The Morgan fingerprint density at radius 2 is 0.938 bits per heavy atom. The number of hydrogen-bond donors (Lipinski definition) is 0. The average molecular weight is 235 g/mol. The molecule has 106 valence electrons. The van der Waals surface area contributed by atoms with Crippen molar-refractivity contribution in [2.45, 2.75) is 102 Å². The second-order valence-electron chi connectivity index (χ2n) is 2.89. The topological polar surface area (TPSA) is 0 Å². The molecule has 0 bridgehead atoms. The molecule has 16 heavy (non-hydrogen) atoms. The fraction of sp³-hybridized carbons (Fsp3) is 1.00. The van der Waals surface area contributed by atoms with Gasteiger partial charge in [-0.25, -0.2) is 0 Å². The Morgan fingerprint density at radius 1 is 0.625 bits per heavy atom. The van der Waals surface area contributed by atoms with Crippen molar-refractivity contribution >= 4 is 0 Å². The molecule has 0 heteroatoms. The smallest absolute Gasteiger partial charge is 0.0471 e. The molecule has 0 amide bonds. The molecule has 0 rings (SSSR count). The summed E-state index contributed by atoms with van der Waals surface area (Å²) in [5.41, 5.74) is 0. The molecule has 0 aliphatic heterocycles. The molecule has 0 atom stereocenters. The van der Waals surface area contributed by atoms with Crippen LogP contribution in [-0.2, 0) is 0 Å². The van der Waals surface area contributed by atoms with Crippen molar-refractivity contribution in [3.05, 3.63) is 0 Å². The maximum absolute atomic E-state index is 2.29. The predicted octanol–water partition coefficient (Wildman–Crippen LogP) is 7.33. The van der Waals surface area contributed by atoms with Gasteiger partial charge in [-0.15, -0.1) is 0 Å². The first-order valence-corrected chi connectivity index (χ1v) is 7.77. The molecule has 0 fully saturated rings. The fourth-order valence-electron chi connectivity index (χ4n) is 0.803. The third-order valence-electron chi connectivity index (χ3n) is 1.39. The molecule has 0 unspecified atom stereocenters. The third kappa shape index (κ3) is 94.6. The van der Waals surface area contributed by atoms with Crippen molar-refractivity contribution in [3.8, 4) is 0 Å². The lowest BCUT2D eigenvalue weighted by molar-refractivity contribution is 0.534. The highest BCUT2D eigenvalue weighted by molar-refractivity contribution is 4.44. The lowest BCUT2D eigenvalue weighted by Crippen LogP contribution is -1.85. The Morgan fingerprint density at radius 3 is 1.12 bits per heavy atom. The van der Waals surface area contributed by atoms with E-state index in [4.69, 9.17) is 0 Å². The van der Waals surface area contributed by atoms with Crippen LogP contribution in [0.25, 0.3) is 0 Å². The molecule has 0 radical (unpaired) electrons. The van der Waals surface area contributed by atoms with E-state index in [1.807, 2.05) is 55.4 Å². The van der Waals surface area contributed by atoms with Crippen LogP contribution in [0.3, 0.4) is 0 Å². The van der Waals surface area contributed by atoms with Crippen molar-refractivity contribution in [1.82, 2.24) is 0 Å². The van der Waals surface area contributed by atoms with E-state index in [1.165, 1.54) is 25.7 Å². The van der Waals surface area contributed by atoms with Crippen molar-refractivity contribution in [2.24, 2.45) is 5.92 Å². The maximum Gasteiger partial charge on any atom is -0.0471 e. The molecule has 0 aromatic heterocycles. The van der Waals surface area contributed by atoms with Crippen LogP contribution in [0, 0.1) is 5.92 Å². The van der Waals surface area contributed by atoms with Gasteiger partial charge in [0, 0.05) is 0 Å². The zero-order valence-electron chi connectivity index (χ0n) is 14.4. The first-order valence-electron chi connectivity index (χ1n) is 7.77. The highest BCUT2D eigenvalue weighted by Gasteiger charge is 1.90. The lowest BCUT2D eigenvalue weighted by atomic mass is 10.1. The molecule has 0 saturated heterocycles. The Hall–Kier alpha value is 0. The van der Waals surface area contributed by atoms with Crippen LogP contribution in [0.15, 0.2) is 0 Å². The van der Waals surface area contributed by atoms with E-state index in [2.05, 4.69) is 20.8 Å². The second-order valence-corrected chi connectivity index (χ2v) is 2.89. The molecule has 0 saturated carbocycles. The van der Waals surface area contributed by atoms with Gasteiger partial charge in [-0.05, 0) is 5.92 Å². The lowest BCUT2D eigenvalue weighted by Gasteiger charge is -2.00. The Kier molecular flexibility index (Phi) is 112. The van der Waals surface area contributed by atoms with Gasteiger partial charge in [0.15, 0.2) is 0 Å². The van der Waals surface area contributed by atoms with Crippen molar-refractivity contribution < 1.29 is 0 Å². The molecule has 0 spiro atoms. The summed E-state index contributed by atoms with van der Waals surface area (Å²) in [6.45, 7) is 22.8. The normalized spacial score (nSPS) is 6.75.